The van der Waals surface area contributed by atoms with E-state index in [0.29, 0.717) is 18.0 Å². The molecule has 0 radical (unpaired) electrons. The molecule has 0 aliphatic carbocycles. The molecule has 1 rings (SSSR count). The van der Waals surface area contributed by atoms with Crippen LogP contribution >= 0.6 is 0 Å². The monoisotopic (exact) mass is 228 g/mol. The van der Waals surface area contributed by atoms with Crippen molar-refractivity contribution in [1.82, 2.24) is 10.2 Å². The summed E-state index contributed by atoms with van der Waals surface area (Å²) < 4.78 is 5.57. The van der Waals surface area contributed by atoms with Crippen molar-refractivity contribution in [1.29, 1.82) is 0 Å². The van der Waals surface area contributed by atoms with E-state index in [9.17, 15) is 0 Å². The minimum Gasteiger partial charge on any atom is -0.379 e. The molecule has 0 aromatic heterocycles. The molecule has 0 amide bonds. The lowest BCUT2D eigenvalue weighted by molar-refractivity contribution is 0.161. The van der Waals surface area contributed by atoms with E-state index >= 15 is 0 Å². The molecule has 1 fully saturated rings. The Morgan fingerprint density at radius 2 is 2.12 bits per heavy atom. The van der Waals surface area contributed by atoms with Crippen molar-refractivity contribution in [3.8, 4) is 0 Å². The predicted molar refractivity (Wildman–Crippen MR) is 68.8 cm³/mol. The van der Waals surface area contributed by atoms with Crippen molar-refractivity contribution in [2.24, 2.45) is 5.92 Å². The van der Waals surface area contributed by atoms with Crippen LogP contribution in [0.4, 0.5) is 0 Å². The first-order chi connectivity index (χ1) is 7.69. The lowest BCUT2D eigenvalue weighted by atomic mass is 10.0. The van der Waals surface area contributed by atoms with Crippen LogP contribution in [0.1, 0.15) is 33.6 Å². The van der Waals surface area contributed by atoms with Crippen LogP contribution in [0.5, 0.6) is 0 Å². The Kier molecular flexibility index (Phi) is 6.32. The molecule has 3 unspecified atom stereocenters. The Balaban J connectivity index is 2.34. The van der Waals surface area contributed by atoms with Crippen LogP contribution in [-0.2, 0) is 4.74 Å². The van der Waals surface area contributed by atoms with Gasteiger partial charge in [-0.2, -0.15) is 0 Å². The minimum absolute atomic E-state index is 0.557. The summed E-state index contributed by atoms with van der Waals surface area (Å²) in [7, 11) is 2.24. The van der Waals surface area contributed by atoms with E-state index in [4.69, 9.17) is 4.74 Å². The second-order valence-electron chi connectivity index (χ2n) is 5.04. The van der Waals surface area contributed by atoms with Crippen LogP contribution in [0.3, 0.4) is 0 Å². The fraction of sp³-hybridized carbons (Fsp3) is 1.00. The predicted octanol–water partition coefficient (Wildman–Crippen LogP) is 1.73. The molecule has 1 heterocycles. The second kappa shape index (κ2) is 7.25. The molecular formula is C13H28N2O. The number of hydrogen-bond donors (Lipinski definition) is 1. The van der Waals surface area contributed by atoms with Crippen molar-refractivity contribution in [2.75, 3.05) is 33.4 Å². The highest BCUT2D eigenvalue weighted by Crippen LogP contribution is 2.16. The van der Waals surface area contributed by atoms with Crippen LogP contribution in [0, 0.1) is 5.92 Å². The van der Waals surface area contributed by atoms with E-state index in [2.05, 4.69) is 38.0 Å². The average molecular weight is 228 g/mol. The fourth-order valence-corrected chi connectivity index (χ4v) is 2.45. The highest BCUT2D eigenvalue weighted by molar-refractivity contribution is 4.83. The molecule has 0 aromatic rings. The SMILES string of the molecule is CCCC(C)N(C)CC1COCC1NCC. The topological polar surface area (TPSA) is 24.5 Å². The van der Waals surface area contributed by atoms with Gasteiger partial charge in [0.25, 0.3) is 0 Å². The normalized spacial score (nSPS) is 27.6. The molecule has 16 heavy (non-hydrogen) atoms. The van der Waals surface area contributed by atoms with Gasteiger partial charge in [0.2, 0.25) is 0 Å². The fourth-order valence-electron chi connectivity index (χ4n) is 2.45. The van der Waals surface area contributed by atoms with Gasteiger partial charge in [0.15, 0.2) is 0 Å². The van der Waals surface area contributed by atoms with Crippen LogP contribution in [0.2, 0.25) is 0 Å². The van der Waals surface area contributed by atoms with E-state index < -0.39 is 0 Å². The van der Waals surface area contributed by atoms with Gasteiger partial charge in [-0.15, -0.1) is 0 Å². The zero-order valence-corrected chi connectivity index (χ0v) is 11.3. The summed E-state index contributed by atoms with van der Waals surface area (Å²) in [6, 6.07) is 1.24. The third-order valence-corrected chi connectivity index (χ3v) is 3.65. The van der Waals surface area contributed by atoms with E-state index in [-0.39, 0.29) is 0 Å². The number of nitrogens with zero attached hydrogens (tertiary/aromatic N) is 1. The molecular weight excluding hydrogens is 200 g/mol. The van der Waals surface area contributed by atoms with Gasteiger partial charge in [-0.05, 0) is 26.9 Å². The molecule has 1 aliphatic heterocycles. The summed E-state index contributed by atoms with van der Waals surface area (Å²) in [5, 5.41) is 3.52. The van der Waals surface area contributed by atoms with Crippen LogP contribution in [0.15, 0.2) is 0 Å². The van der Waals surface area contributed by atoms with Crippen LogP contribution in [-0.4, -0.2) is 50.3 Å². The maximum Gasteiger partial charge on any atom is 0.0623 e. The largest absolute Gasteiger partial charge is 0.379 e. The number of hydrogen-bond acceptors (Lipinski definition) is 3. The average Bonchev–Trinajstić information content (AvgIpc) is 2.67. The Morgan fingerprint density at radius 1 is 1.38 bits per heavy atom. The van der Waals surface area contributed by atoms with Crippen molar-refractivity contribution < 1.29 is 4.74 Å². The zero-order valence-electron chi connectivity index (χ0n) is 11.3. The Labute approximate surface area is 101 Å². The zero-order chi connectivity index (χ0) is 12.0. The molecule has 0 bridgehead atoms. The smallest absolute Gasteiger partial charge is 0.0623 e. The van der Waals surface area contributed by atoms with Crippen LogP contribution in [0.25, 0.3) is 0 Å². The highest BCUT2D eigenvalue weighted by atomic mass is 16.5. The van der Waals surface area contributed by atoms with E-state index in [0.717, 1.165) is 26.3 Å². The molecule has 3 atom stereocenters. The van der Waals surface area contributed by atoms with Gasteiger partial charge < -0.3 is 15.0 Å². The summed E-state index contributed by atoms with van der Waals surface area (Å²) in [5.74, 6) is 0.657. The molecule has 3 nitrogen and oxygen atoms in total. The molecule has 0 aromatic carbocycles. The number of ether oxygens (including phenoxy) is 1. The van der Waals surface area contributed by atoms with E-state index in [1.165, 1.54) is 12.8 Å². The number of rotatable bonds is 7. The van der Waals surface area contributed by atoms with Crippen LogP contribution < -0.4 is 5.32 Å². The third kappa shape index (κ3) is 4.04. The number of nitrogens with one attached hydrogen (secondary N) is 1. The Morgan fingerprint density at radius 3 is 2.75 bits per heavy atom. The Hall–Kier alpha value is -0.120. The van der Waals surface area contributed by atoms with Gasteiger partial charge in [0.1, 0.15) is 0 Å². The summed E-state index contributed by atoms with van der Waals surface area (Å²) >= 11 is 0. The maximum atomic E-state index is 5.57. The van der Waals surface area contributed by atoms with Crippen molar-refractivity contribution in [3.63, 3.8) is 0 Å². The number of likely N-dealkylation sites (N-methyl/N-ethyl adjacent to an activating group) is 1. The maximum absolute atomic E-state index is 5.57. The molecule has 1 N–H and O–H groups in total. The summed E-state index contributed by atoms with van der Waals surface area (Å²) in [5.41, 5.74) is 0. The third-order valence-electron chi connectivity index (χ3n) is 3.65. The summed E-state index contributed by atoms with van der Waals surface area (Å²) in [6.45, 7) is 10.7. The van der Waals surface area contributed by atoms with Gasteiger partial charge in [0, 0.05) is 24.5 Å². The second-order valence-corrected chi connectivity index (χ2v) is 5.04. The van der Waals surface area contributed by atoms with Crippen molar-refractivity contribution in [2.45, 2.75) is 45.7 Å². The summed E-state index contributed by atoms with van der Waals surface area (Å²) in [6.07, 6.45) is 2.55. The van der Waals surface area contributed by atoms with Gasteiger partial charge in [-0.1, -0.05) is 20.3 Å². The first-order valence-electron chi connectivity index (χ1n) is 6.70. The van der Waals surface area contributed by atoms with Gasteiger partial charge in [-0.25, -0.2) is 0 Å². The molecule has 0 spiro atoms. The lowest BCUT2D eigenvalue weighted by Crippen LogP contribution is -2.42. The molecule has 1 saturated heterocycles. The molecule has 3 heteroatoms. The van der Waals surface area contributed by atoms with Crippen molar-refractivity contribution in [3.05, 3.63) is 0 Å². The quantitative estimate of drug-likeness (QED) is 0.718. The molecule has 0 saturated carbocycles. The van der Waals surface area contributed by atoms with Crippen molar-refractivity contribution >= 4 is 0 Å². The first-order valence-corrected chi connectivity index (χ1v) is 6.70. The Bertz CT molecular complexity index is 187. The standard InChI is InChI=1S/C13H28N2O/c1-5-7-11(3)15(4)8-12-9-16-10-13(12)14-6-2/h11-14H,5-10H2,1-4H3. The lowest BCUT2D eigenvalue weighted by Gasteiger charge is -2.29. The van der Waals surface area contributed by atoms with Gasteiger partial charge >= 0.3 is 0 Å². The van der Waals surface area contributed by atoms with E-state index in [1.807, 2.05) is 0 Å². The first kappa shape index (κ1) is 13.9. The molecule has 1 aliphatic rings. The minimum atomic E-state index is 0.557. The molecule has 96 valence electrons. The summed E-state index contributed by atoms with van der Waals surface area (Å²) in [4.78, 5) is 2.48. The highest BCUT2D eigenvalue weighted by Gasteiger charge is 2.28. The van der Waals surface area contributed by atoms with E-state index in [1.54, 1.807) is 0 Å². The van der Waals surface area contributed by atoms with Gasteiger partial charge in [0.05, 0.1) is 13.2 Å². The van der Waals surface area contributed by atoms with Gasteiger partial charge in [-0.3, -0.25) is 0 Å².